The van der Waals surface area contributed by atoms with Crippen molar-refractivity contribution in [3.63, 3.8) is 0 Å². The summed E-state index contributed by atoms with van der Waals surface area (Å²) >= 11 is 0. The number of ether oxygens (including phenoxy) is 1. The van der Waals surface area contributed by atoms with Crippen molar-refractivity contribution in [3.05, 3.63) is 54.6 Å². The number of hydrogen-bond donors (Lipinski definition) is 1. The zero-order valence-corrected chi connectivity index (χ0v) is 16.9. The molecule has 0 fully saturated rings. The Bertz CT molecular complexity index is 1070. The predicted molar refractivity (Wildman–Crippen MR) is 90.4 cm³/mol. The van der Waals surface area contributed by atoms with E-state index in [1.54, 1.807) is 36.4 Å². The third-order valence-electron chi connectivity index (χ3n) is 3.56. The number of hydrogen-bond acceptors (Lipinski definition) is 6. The molecule has 0 radical (unpaired) electrons. The van der Waals surface area contributed by atoms with Gasteiger partial charge in [-0.3, -0.25) is 4.55 Å². The molecule has 26 heavy (non-hydrogen) atoms. The van der Waals surface area contributed by atoms with E-state index in [4.69, 9.17) is 4.74 Å². The summed E-state index contributed by atoms with van der Waals surface area (Å²) in [6.07, 6.45) is 0. The summed E-state index contributed by atoms with van der Waals surface area (Å²) in [4.78, 5) is -0.383. The minimum Gasteiger partial charge on any atom is -0.871 e. The van der Waals surface area contributed by atoms with Gasteiger partial charge in [-0.2, -0.15) is 18.6 Å². The smallest absolute Gasteiger partial charge is 0.871 e. The normalized spacial score (nSPS) is 11.5. The van der Waals surface area contributed by atoms with Gasteiger partial charge in [-0.15, -0.1) is 0 Å². The second-order valence-electron chi connectivity index (χ2n) is 5.14. The zero-order chi connectivity index (χ0) is 18.0. The molecule has 0 atom stereocenters. The zero-order valence-electron chi connectivity index (χ0n) is 14.1. The Balaban J connectivity index is 0.00000243. The summed E-state index contributed by atoms with van der Waals surface area (Å²) in [7, 11) is -2.98. The van der Waals surface area contributed by atoms with Crippen molar-refractivity contribution < 1.29 is 52.4 Å². The number of rotatable bonds is 4. The summed E-state index contributed by atoms with van der Waals surface area (Å²) in [5, 5.41) is 20.5. The van der Waals surface area contributed by atoms with Crippen molar-refractivity contribution in [2.45, 2.75) is 4.90 Å². The second-order valence-corrected chi connectivity index (χ2v) is 6.53. The van der Waals surface area contributed by atoms with Gasteiger partial charge in [0, 0.05) is 5.39 Å². The Kier molecular flexibility index (Phi) is 6.38. The van der Waals surface area contributed by atoms with E-state index in [-0.39, 0.29) is 50.9 Å². The minimum absolute atomic E-state index is 0. The summed E-state index contributed by atoms with van der Waals surface area (Å²) in [5.41, 5.74) is 0.281. The van der Waals surface area contributed by atoms with Crippen LogP contribution in [0.2, 0.25) is 0 Å². The summed E-state index contributed by atoms with van der Waals surface area (Å²) in [5.74, 6) is 0.170. The van der Waals surface area contributed by atoms with E-state index >= 15 is 0 Å². The molecule has 9 heteroatoms. The van der Waals surface area contributed by atoms with Crippen molar-refractivity contribution in [1.29, 1.82) is 0 Å². The SMILES string of the molecule is COc1ccc(N=Nc2cc(S(=O)(=O)O)c3ccccc3c2[O-])cc1.[Na+]. The van der Waals surface area contributed by atoms with Crippen LogP contribution in [0, 0.1) is 0 Å². The third-order valence-corrected chi connectivity index (χ3v) is 4.45. The molecule has 0 saturated carbocycles. The van der Waals surface area contributed by atoms with Gasteiger partial charge >= 0.3 is 29.6 Å². The Morgan fingerprint density at radius 1 is 1.00 bits per heavy atom. The largest absolute Gasteiger partial charge is 1.00 e. The molecule has 0 aliphatic heterocycles. The summed E-state index contributed by atoms with van der Waals surface area (Å²) in [6, 6.07) is 13.7. The van der Waals surface area contributed by atoms with Crippen LogP contribution in [0.15, 0.2) is 69.7 Å². The molecule has 0 aromatic heterocycles. The molecular weight excluding hydrogens is 367 g/mol. The van der Waals surface area contributed by atoms with E-state index in [1.807, 2.05) is 0 Å². The molecule has 0 saturated heterocycles. The van der Waals surface area contributed by atoms with E-state index in [0.717, 1.165) is 6.07 Å². The van der Waals surface area contributed by atoms with Crippen LogP contribution >= 0.6 is 0 Å². The molecule has 0 aliphatic carbocycles. The third kappa shape index (κ3) is 4.22. The topological polar surface area (TPSA) is 111 Å². The molecule has 3 aromatic carbocycles. The Morgan fingerprint density at radius 3 is 2.19 bits per heavy atom. The molecule has 3 rings (SSSR count). The Hall–Kier alpha value is -1.97. The first-order chi connectivity index (χ1) is 11.9. The Labute approximate surface area is 172 Å². The van der Waals surface area contributed by atoms with Crippen LogP contribution in [0.5, 0.6) is 11.5 Å². The summed E-state index contributed by atoms with van der Waals surface area (Å²) in [6.45, 7) is 0. The average molecular weight is 380 g/mol. The number of nitrogens with zero attached hydrogens (tertiary/aromatic N) is 2. The molecule has 128 valence electrons. The van der Waals surface area contributed by atoms with E-state index in [9.17, 15) is 18.1 Å². The minimum atomic E-state index is -4.52. The molecule has 0 unspecified atom stereocenters. The van der Waals surface area contributed by atoms with E-state index < -0.39 is 15.9 Å². The van der Waals surface area contributed by atoms with Gasteiger partial charge in [0.15, 0.2) is 0 Å². The van der Waals surface area contributed by atoms with E-state index in [2.05, 4.69) is 10.2 Å². The van der Waals surface area contributed by atoms with Crippen LogP contribution < -0.4 is 39.4 Å². The van der Waals surface area contributed by atoms with Crippen LogP contribution in [-0.2, 0) is 10.1 Å². The monoisotopic (exact) mass is 380 g/mol. The van der Waals surface area contributed by atoms with Gasteiger partial charge in [0.1, 0.15) is 10.6 Å². The van der Waals surface area contributed by atoms with Crippen LogP contribution in [0.4, 0.5) is 11.4 Å². The number of methoxy groups -OCH3 is 1. The van der Waals surface area contributed by atoms with Crippen LogP contribution in [-0.4, -0.2) is 20.1 Å². The number of fused-ring (bicyclic) bond motifs is 1. The number of benzene rings is 3. The van der Waals surface area contributed by atoms with Gasteiger partial charge in [0.05, 0.1) is 18.5 Å². The first-order valence-corrected chi connectivity index (χ1v) is 8.60. The molecule has 0 spiro atoms. The van der Waals surface area contributed by atoms with Gasteiger partial charge in [-0.05, 0) is 35.7 Å². The molecule has 0 bridgehead atoms. The first kappa shape index (κ1) is 20.3. The maximum Gasteiger partial charge on any atom is 1.00 e. The maximum atomic E-state index is 12.5. The van der Waals surface area contributed by atoms with Crippen molar-refractivity contribution >= 4 is 32.3 Å². The molecule has 7 nitrogen and oxygen atoms in total. The second kappa shape index (κ2) is 8.15. The van der Waals surface area contributed by atoms with Gasteiger partial charge in [0.25, 0.3) is 10.1 Å². The Morgan fingerprint density at radius 2 is 1.62 bits per heavy atom. The van der Waals surface area contributed by atoms with E-state index in [1.165, 1.54) is 19.2 Å². The van der Waals surface area contributed by atoms with Gasteiger partial charge in [-0.25, -0.2) is 0 Å². The maximum absolute atomic E-state index is 12.5. The van der Waals surface area contributed by atoms with Crippen molar-refractivity contribution in [3.8, 4) is 11.5 Å². The molecule has 0 aliphatic rings. The van der Waals surface area contributed by atoms with Crippen LogP contribution in [0.1, 0.15) is 0 Å². The van der Waals surface area contributed by atoms with Gasteiger partial charge in [0.2, 0.25) is 0 Å². The predicted octanol–water partition coefficient (Wildman–Crippen LogP) is 0.588. The molecule has 0 amide bonds. The van der Waals surface area contributed by atoms with Crippen molar-refractivity contribution in [2.75, 3.05) is 7.11 Å². The fraction of sp³-hybridized carbons (Fsp3) is 0.0588. The van der Waals surface area contributed by atoms with E-state index in [0.29, 0.717) is 11.4 Å². The first-order valence-electron chi connectivity index (χ1n) is 7.16. The summed E-state index contributed by atoms with van der Waals surface area (Å²) < 4.78 is 37.7. The molecule has 0 heterocycles. The van der Waals surface area contributed by atoms with Crippen molar-refractivity contribution in [2.24, 2.45) is 10.2 Å². The number of azo groups is 1. The van der Waals surface area contributed by atoms with Crippen LogP contribution in [0.25, 0.3) is 10.8 Å². The van der Waals surface area contributed by atoms with Gasteiger partial charge in [-0.1, -0.05) is 30.0 Å². The fourth-order valence-corrected chi connectivity index (χ4v) is 3.07. The average Bonchev–Trinajstić information content (AvgIpc) is 2.61. The molecule has 1 N–H and O–H groups in total. The van der Waals surface area contributed by atoms with Crippen molar-refractivity contribution in [1.82, 2.24) is 0 Å². The fourth-order valence-electron chi connectivity index (χ4n) is 2.35. The molecule has 3 aromatic rings. The van der Waals surface area contributed by atoms with Crippen LogP contribution in [0.3, 0.4) is 0 Å². The quantitative estimate of drug-likeness (QED) is 0.404. The standard InChI is InChI=1S/C17H14N2O5S.Na/c1-24-12-8-6-11(7-9-12)18-19-15-10-16(25(21,22)23)13-4-2-3-5-14(13)17(15)20;/h2-10,20H,1H3,(H,21,22,23);/q;+1/p-1. The van der Waals surface area contributed by atoms with Gasteiger partial charge < -0.3 is 9.84 Å². The molecular formula is C17H13N2NaO5S.